The molecule has 0 bridgehead atoms. The second-order valence-corrected chi connectivity index (χ2v) is 7.10. The van der Waals surface area contributed by atoms with Gasteiger partial charge in [0.1, 0.15) is 0 Å². The fourth-order valence-corrected chi connectivity index (χ4v) is 3.48. The molecule has 0 aliphatic rings. The number of para-hydroxylation sites is 1. The second kappa shape index (κ2) is 6.31. The Morgan fingerprint density at radius 2 is 1.62 bits per heavy atom. The molecule has 0 N–H and O–H groups in total. The summed E-state index contributed by atoms with van der Waals surface area (Å²) in [6.07, 6.45) is 2.21. The zero-order chi connectivity index (χ0) is 14.7. The Bertz CT molecular complexity index is 735. The van der Waals surface area contributed by atoms with E-state index in [0.717, 1.165) is 6.54 Å². The number of nitrogens with zero attached hydrogens (tertiary/aromatic N) is 1. The molecule has 106 valence electrons. The van der Waals surface area contributed by atoms with Gasteiger partial charge < -0.3 is 0 Å². The van der Waals surface area contributed by atoms with Crippen LogP contribution in [0.25, 0.3) is 10.9 Å². The molecule has 0 radical (unpaired) electrons. The van der Waals surface area contributed by atoms with Gasteiger partial charge in [0.25, 0.3) is 0 Å². The molecule has 1 aromatic heterocycles. The summed E-state index contributed by atoms with van der Waals surface area (Å²) in [6, 6.07) is 21.5. The quantitative estimate of drug-likeness (QED) is 0.499. The molecule has 0 aliphatic carbocycles. The van der Waals surface area contributed by atoms with Crippen molar-refractivity contribution in [2.45, 2.75) is 30.5 Å². The molecule has 0 saturated heterocycles. The first kappa shape index (κ1) is 14.2. The van der Waals surface area contributed by atoms with Crippen LogP contribution in [0.5, 0.6) is 0 Å². The third-order valence-electron chi connectivity index (χ3n) is 3.44. The van der Waals surface area contributed by atoms with Crippen molar-refractivity contribution in [3.05, 3.63) is 72.4 Å². The summed E-state index contributed by atoms with van der Waals surface area (Å²) in [7, 11) is 0. The molecule has 0 fully saturated rings. The Labute approximate surface area is 130 Å². The Morgan fingerprint density at radius 1 is 0.905 bits per heavy atom. The molecule has 1 heterocycles. The van der Waals surface area contributed by atoms with Gasteiger partial charge in [-0.1, -0.05) is 56.3 Å². The zero-order valence-electron chi connectivity index (χ0n) is 12.5. The van der Waals surface area contributed by atoms with Crippen LogP contribution in [-0.2, 0) is 6.54 Å². The molecule has 0 saturated carbocycles. The number of rotatable bonds is 4. The van der Waals surface area contributed by atoms with Gasteiger partial charge >= 0.3 is 0 Å². The van der Waals surface area contributed by atoms with Gasteiger partial charge in [0.2, 0.25) is 5.52 Å². The van der Waals surface area contributed by atoms with Gasteiger partial charge in [-0.15, -0.1) is 11.8 Å². The Kier molecular flexibility index (Phi) is 4.26. The predicted molar refractivity (Wildman–Crippen MR) is 90.7 cm³/mol. The van der Waals surface area contributed by atoms with Crippen LogP contribution in [0.1, 0.15) is 19.4 Å². The van der Waals surface area contributed by atoms with E-state index in [2.05, 4.69) is 85.3 Å². The van der Waals surface area contributed by atoms with E-state index in [4.69, 9.17) is 0 Å². The third-order valence-corrected chi connectivity index (χ3v) is 4.52. The number of hydrogen-bond donors (Lipinski definition) is 0. The van der Waals surface area contributed by atoms with Gasteiger partial charge in [0, 0.05) is 27.8 Å². The van der Waals surface area contributed by atoms with Gasteiger partial charge in [-0.2, -0.15) is 4.57 Å². The van der Waals surface area contributed by atoms with Crippen molar-refractivity contribution in [2.24, 2.45) is 0 Å². The van der Waals surface area contributed by atoms with E-state index < -0.39 is 0 Å². The molecule has 0 amide bonds. The minimum absolute atomic E-state index is 0.596. The highest BCUT2D eigenvalue weighted by Gasteiger charge is 2.13. The molecule has 3 rings (SSSR count). The maximum Gasteiger partial charge on any atom is 0.213 e. The molecular weight excluding hydrogens is 274 g/mol. The molecule has 2 aromatic carbocycles. The highest BCUT2D eigenvalue weighted by atomic mass is 32.2. The fraction of sp³-hybridized carbons (Fsp3) is 0.211. The number of fused-ring (bicyclic) bond motifs is 1. The maximum atomic E-state index is 2.33. The smallest absolute Gasteiger partial charge is 0.194 e. The van der Waals surface area contributed by atoms with E-state index >= 15 is 0 Å². The summed E-state index contributed by atoms with van der Waals surface area (Å²) in [4.78, 5) is 1.37. The van der Waals surface area contributed by atoms with Crippen molar-refractivity contribution in [2.75, 3.05) is 0 Å². The van der Waals surface area contributed by atoms with Crippen molar-refractivity contribution in [1.29, 1.82) is 0 Å². The number of aromatic nitrogens is 1. The first-order valence-electron chi connectivity index (χ1n) is 7.36. The topological polar surface area (TPSA) is 3.88 Å². The lowest BCUT2D eigenvalue weighted by Crippen LogP contribution is -2.34. The summed E-state index contributed by atoms with van der Waals surface area (Å²) >= 11 is 1.93. The van der Waals surface area contributed by atoms with Crippen molar-refractivity contribution in [3.63, 3.8) is 0 Å². The number of pyridine rings is 1. The zero-order valence-corrected chi connectivity index (χ0v) is 13.3. The Balaban J connectivity index is 2.04. The van der Waals surface area contributed by atoms with Crippen LogP contribution in [0.2, 0.25) is 0 Å². The van der Waals surface area contributed by atoms with E-state index in [1.807, 2.05) is 11.8 Å². The van der Waals surface area contributed by atoms with Gasteiger partial charge in [0.15, 0.2) is 12.7 Å². The van der Waals surface area contributed by atoms with E-state index in [1.165, 1.54) is 21.4 Å². The van der Waals surface area contributed by atoms with Gasteiger partial charge in [-0.3, -0.25) is 0 Å². The summed E-state index contributed by atoms with van der Waals surface area (Å²) in [5, 5.41) is 1.94. The highest BCUT2D eigenvalue weighted by Crippen LogP contribution is 2.28. The van der Waals surface area contributed by atoms with Gasteiger partial charge in [0.05, 0.1) is 5.39 Å². The lowest BCUT2D eigenvalue weighted by atomic mass is 10.2. The number of benzene rings is 2. The summed E-state index contributed by atoms with van der Waals surface area (Å²) < 4.78 is 2.33. The van der Waals surface area contributed by atoms with Crippen LogP contribution < -0.4 is 4.57 Å². The van der Waals surface area contributed by atoms with E-state index in [-0.39, 0.29) is 0 Å². The summed E-state index contributed by atoms with van der Waals surface area (Å²) in [5.74, 6) is 0. The molecule has 1 nitrogen and oxygen atoms in total. The second-order valence-electron chi connectivity index (χ2n) is 5.48. The first-order chi connectivity index (χ1) is 10.2. The van der Waals surface area contributed by atoms with E-state index in [9.17, 15) is 0 Å². The molecule has 0 aliphatic heterocycles. The maximum absolute atomic E-state index is 2.33. The highest BCUT2D eigenvalue weighted by molar-refractivity contribution is 8.00. The monoisotopic (exact) mass is 294 g/mol. The average Bonchev–Trinajstić information content (AvgIpc) is 2.50. The Morgan fingerprint density at radius 3 is 2.38 bits per heavy atom. The molecular formula is C19H20NS+. The third kappa shape index (κ3) is 3.27. The number of thioether (sulfide) groups is 1. The largest absolute Gasteiger partial charge is 0.213 e. The van der Waals surface area contributed by atoms with Crippen LogP contribution in [0.15, 0.2) is 71.8 Å². The van der Waals surface area contributed by atoms with Crippen molar-refractivity contribution in [1.82, 2.24) is 0 Å². The van der Waals surface area contributed by atoms with Gasteiger partial charge in [-0.05, 0) is 6.07 Å². The lowest BCUT2D eigenvalue weighted by Gasteiger charge is -2.08. The molecule has 2 heteroatoms. The van der Waals surface area contributed by atoms with Crippen molar-refractivity contribution in [3.8, 4) is 0 Å². The first-order valence-corrected chi connectivity index (χ1v) is 8.24. The van der Waals surface area contributed by atoms with E-state index in [1.54, 1.807) is 0 Å². The summed E-state index contributed by atoms with van der Waals surface area (Å²) in [6.45, 7) is 5.39. The SMILES string of the molecule is CC(C)Sc1cc[n+](Cc2ccccc2)c2ccccc12. The molecule has 3 aromatic rings. The summed E-state index contributed by atoms with van der Waals surface area (Å²) in [5.41, 5.74) is 2.63. The van der Waals surface area contributed by atoms with Crippen LogP contribution in [0.3, 0.4) is 0 Å². The minimum Gasteiger partial charge on any atom is -0.194 e. The van der Waals surface area contributed by atoms with E-state index in [0.29, 0.717) is 5.25 Å². The van der Waals surface area contributed by atoms with Gasteiger partial charge in [-0.25, -0.2) is 0 Å². The Hall–Kier alpha value is -1.80. The molecule has 0 spiro atoms. The van der Waals surface area contributed by atoms with Crippen LogP contribution in [-0.4, -0.2) is 5.25 Å². The minimum atomic E-state index is 0.596. The normalized spacial score (nSPS) is 11.2. The van der Waals surface area contributed by atoms with Crippen LogP contribution >= 0.6 is 11.8 Å². The van der Waals surface area contributed by atoms with Crippen LogP contribution in [0.4, 0.5) is 0 Å². The lowest BCUT2D eigenvalue weighted by molar-refractivity contribution is -0.662. The van der Waals surface area contributed by atoms with Crippen LogP contribution in [0, 0.1) is 0 Å². The fourth-order valence-electron chi connectivity index (χ4n) is 2.53. The molecule has 0 atom stereocenters. The number of hydrogen-bond acceptors (Lipinski definition) is 1. The molecule has 21 heavy (non-hydrogen) atoms. The average molecular weight is 294 g/mol. The van der Waals surface area contributed by atoms with Crippen molar-refractivity contribution < 1.29 is 4.57 Å². The predicted octanol–water partition coefficient (Wildman–Crippen LogP) is 4.68. The molecule has 0 unspecified atom stereocenters. The standard InChI is InChI=1S/C19H20NS/c1-15(2)21-19-12-13-20(14-16-8-4-3-5-9-16)18-11-7-6-10-17(18)19/h3-13,15H,14H2,1-2H3/q+1. The van der Waals surface area contributed by atoms with Crippen molar-refractivity contribution >= 4 is 22.7 Å².